The number of ether oxygens (including phenoxy) is 1. The minimum atomic E-state index is -1.04. The summed E-state index contributed by atoms with van der Waals surface area (Å²) in [5, 5.41) is 13.9. The molecule has 1 aliphatic heterocycles. The molecule has 2 aromatic carbocycles. The fraction of sp³-hybridized carbons (Fsp3) is 0.130. The average molecular weight is 415 g/mol. The van der Waals surface area contributed by atoms with Crippen molar-refractivity contribution in [3.63, 3.8) is 0 Å². The molecule has 0 atom stereocenters. The lowest BCUT2D eigenvalue weighted by Gasteiger charge is -2.17. The van der Waals surface area contributed by atoms with Crippen LogP contribution in [0, 0.1) is 0 Å². The van der Waals surface area contributed by atoms with Crippen LogP contribution in [-0.4, -0.2) is 24.2 Å². The molecule has 0 spiro atoms. The number of aromatic carboxylic acids is 1. The molecule has 0 saturated heterocycles. The largest absolute Gasteiger partial charge is 0.493 e. The average Bonchev–Trinajstić information content (AvgIpc) is 2.77. The van der Waals surface area contributed by atoms with Crippen LogP contribution < -0.4 is 10.2 Å². The Morgan fingerprint density at radius 1 is 1.10 bits per heavy atom. The lowest BCUT2D eigenvalue weighted by atomic mass is 9.91. The standard InChI is InChI=1S/C23H17N3O5/c24-26-25-10-3-11-30-15-7-9-19-21(13-15)31-20-12-14(27)6-8-18(20)22(19)16-4-1-2-5-17(16)23(28)29/h1-2,4-9,12-13H,3,10-11H2,(H,28,29). The van der Waals surface area contributed by atoms with E-state index in [1.165, 1.54) is 12.1 Å². The molecule has 0 amide bonds. The molecule has 8 nitrogen and oxygen atoms in total. The second-order valence-corrected chi connectivity index (χ2v) is 6.80. The van der Waals surface area contributed by atoms with Gasteiger partial charge in [0.05, 0.1) is 12.2 Å². The number of carboxylic acids is 1. The second kappa shape index (κ2) is 8.61. The van der Waals surface area contributed by atoms with E-state index >= 15 is 0 Å². The van der Waals surface area contributed by atoms with Gasteiger partial charge in [0.1, 0.15) is 17.1 Å². The molecule has 4 rings (SSSR count). The Kier molecular flexibility index (Phi) is 5.55. The van der Waals surface area contributed by atoms with Crippen molar-refractivity contribution in [3.8, 4) is 28.2 Å². The van der Waals surface area contributed by atoms with Crippen molar-refractivity contribution < 1.29 is 19.1 Å². The van der Waals surface area contributed by atoms with Gasteiger partial charge in [0.2, 0.25) is 0 Å². The highest BCUT2D eigenvalue weighted by Crippen LogP contribution is 2.41. The molecule has 2 aliphatic rings. The Balaban J connectivity index is 1.89. The lowest BCUT2D eigenvalue weighted by Crippen LogP contribution is -2.03. The molecule has 0 radical (unpaired) electrons. The number of carbonyl (C=O) groups is 1. The van der Waals surface area contributed by atoms with E-state index < -0.39 is 5.97 Å². The van der Waals surface area contributed by atoms with Crippen LogP contribution in [0.5, 0.6) is 5.75 Å². The van der Waals surface area contributed by atoms with Crippen molar-refractivity contribution in [2.24, 2.45) is 5.11 Å². The molecule has 0 fully saturated rings. The highest BCUT2D eigenvalue weighted by molar-refractivity contribution is 6.07. The molecule has 1 aliphatic carbocycles. The molecule has 1 heterocycles. The molecule has 1 N–H and O–H groups in total. The number of fused-ring (bicyclic) bond motifs is 2. The van der Waals surface area contributed by atoms with Gasteiger partial charge in [0.25, 0.3) is 0 Å². The summed E-state index contributed by atoms with van der Waals surface area (Å²) < 4.78 is 11.7. The summed E-state index contributed by atoms with van der Waals surface area (Å²) in [6.07, 6.45) is 0.563. The summed E-state index contributed by atoms with van der Waals surface area (Å²) in [6, 6.07) is 16.5. The van der Waals surface area contributed by atoms with E-state index in [1.807, 2.05) is 0 Å². The maximum atomic E-state index is 11.9. The minimum Gasteiger partial charge on any atom is -0.493 e. The molecule has 2 aromatic rings. The third-order valence-electron chi connectivity index (χ3n) is 4.83. The normalized spacial score (nSPS) is 10.7. The van der Waals surface area contributed by atoms with Gasteiger partial charge in [-0.2, -0.15) is 0 Å². The van der Waals surface area contributed by atoms with E-state index in [0.29, 0.717) is 58.7 Å². The summed E-state index contributed by atoms with van der Waals surface area (Å²) in [7, 11) is 0. The van der Waals surface area contributed by atoms with Gasteiger partial charge in [-0.1, -0.05) is 23.3 Å². The number of benzene rings is 3. The van der Waals surface area contributed by atoms with Gasteiger partial charge in [-0.15, -0.1) is 0 Å². The first-order valence-electron chi connectivity index (χ1n) is 9.55. The Labute approximate surface area is 176 Å². The molecular weight excluding hydrogens is 398 g/mol. The van der Waals surface area contributed by atoms with Crippen LogP contribution in [0.15, 0.2) is 75.0 Å². The highest BCUT2D eigenvalue weighted by atomic mass is 16.5. The molecule has 0 unspecified atom stereocenters. The molecule has 154 valence electrons. The van der Waals surface area contributed by atoms with E-state index in [-0.39, 0.29) is 11.0 Å². The molecule has 8 heteroatoms. The zero-order chi connectivity index (χ0) is 21.8. The predicted molar refractivity (Wildman–Crippen MR) is 116 cm³/mol. The number of rotatable bonds is 7. The van der Waals surface area contributed by atoms with Crippen molar-refractivity contribution in [1.82, 2.24) is 0 Å². The maximum absolute atomic E-state index is 11.9. The van der Waals surface area contributed by atoms with Crippen molar-refractivity contribution in [2.75, 3.05) is 13.2 Å². The van der Waals surface area contributed by atoms with Crippen LogP contribution in [0.25, 0.3) is 43.9 Å². The summed E-state index contributed by atoms with van der Waals surface area (Å²) in [4.78, 5) is 26.5. The quantitative estimate of drug-likeness (QED) is 0.143. The minimum absolute atomic E-state index is 0.154. The molecule has 0 bridgehead atoms. The van der Waals surface area contributed by atoms with Gasteiger partial charge in [-0.05, 0) is 47.8 Å². The van der Waals surface area contributed by atoms with Crippen molar-refractivity contribution in [1.29, 1.82) is 0 Å². The molecule has 0 saturated carbocycles. The number of azide groups is 1. The first-order valence-corrected chi connectivity index (χ1v) is 9.55. The Hall–Kier alpha value is -4.29. The Bertz CT molecular complexity index is 1360. The van der Waals surface area contributed by atoms with Gasteiger partial charge < -0.3 is 14.3 Å². The van der Waals surface area contributed by atoms with Crippen LogP contribution in [0.4, 0.5) is 0 Å². The number of hydrogen-bond acceptors (Lipinski definition) is 5. The van der Waals surface area contributed by atoms with Gasteiger partial charge in [-0.25, -0.2) is 4.79 Å². The van der Waals surface area contributed by atoms with Gasteiger partial charge >= 0.3 is 5.97 Å². The summed E-state index contributed by atoms with van der Waals surface area (Å²) in [5.41, 5.74) is 10.6. The maximum Gasteiger partial charge on any atom is 0.336 e. The predicted octanol–water partition coefficient (Wildman–Crippen LogP) is 5.34. The van der Waals surface area contributed by atoms with Crippen molar-refractivity contribution >= 4 is 16.9 Å². The van der Waals surface area contributed by atoms with Gasteiger partial charge in [0.15, 0.2) is 5.43 Å². The fourth-order valence-electron chi connectivity index (χ4n) is 3.49. The van der Waals surface area contributed by atoms with Crippen LogP contribution in [0.2, 0.25) is 0 Å². The van der Waals surface area contributed by atoms with E-state index in [1.54, 1.807) is 48.5 Å². The van der Waals surface area contributed by atoms with Crippen LogP contribution in [-0.2, 0) is 0 Å². The third kappa shape index (κ3) is 4.05. The van der Waals surface area contributed by atoms with Crippen LogP contribution >= 0.6 is 0 Å². The number of hydrogen-bond donors (Lipinski definition) is 1. The summed E-state index contributed by atoms with van der Waals surface area (Å²) in [6.45, 7) is 0.693. The van der Waals surface area contributed by atoms with Crippen molar-refractivity contribution in [3.05, 3.63) is 86.9 Å². The molecule has 0 aromatic heterocycles. The number of carboxylic acid groups (broad SMARTS) is 1. The second-order valence-electron chi connectivity index (χ2n) is 6.80. The monoisotopic (exact) mass is 415 g/mol. The number of nitrogens with zero attached hydrogens (tertiary/aromatic N) is 3. The first kappa shape index (κ1) is 20.0. The van der Waals surface area contributed by atoms with E-state index in [4.69, 9.17) is 14.7 Å². The van der Waals surface area contributed by atoms with Gasteiger partial charge in [0, 0.05) is 40.1 Å². The van der Waals surface area contributed by atoms with Gasteiger partial charge in [-0.3, -0.25) is 4.79 Å². The zero-order valence-corrected chi connectivity index (χ0v) is 16.3. The SMILES string of the molecule is [N-]=[N+]=NCCCOc1ccc2c(-c3ccccc3C(=O)O)c3ccc(=O)cc-3oc2c1. The Morgan fingerprint density at radius 3 is 2.74 bits per heavy atom. The van der Waals surface area contributed by atoms with E-state index in [9.17, 15) is 14.7 Å². The summed E-state index contributed by atoms with van der Waals surface area (Å²) >= 11 is 0. The lowest BCUT2D eigenvalue weighted by molar-refractivity contribution is 0.0697. The Morgan fingerprint density at radius 2 is 1.94 bits per heavy atom. The highest BCUT2D eigenvalue weighted by Gasteiger charge is 2.21. The van der Waals surface area contributed by atoms with E-state index in [2.05, 4.69) is 10.0 Å². The van der Waals surface area contributed by atoms with E-state index in [0.717, 1.165) is 0 Å². The van der Waals surface area contributed by atoms with Crippen LogP contribution in [0.1, 0.15) is 16.8 Å². The van der Waals surface area contributed by atoms with Crippen LogP contribution in [0.3, 0.4) is 0 Å². The zero-order valence-electron chi connectivity index (χ0n) is 16.3. The molecule has 31 heavy (non-hydrogen) atoms. The summed E-state index contributed by atoms with van der Waals surface area (Å²) in [5.74, 6) is -0.138. The van der Waals surface area contributed by atoms with Crippen molar-refractivity contribution in [2.45, 2.75) is 6.42 Å². The topological polar surface area (TPSA) is 126 Å². The molecular formula is C23H17N3O5. The smallest absolute Gasteiger partial charge is 0.336 e. The fourth-order valence-corrected chi connectivity index (χ4v) is 3.49. The third-order valence-corrected chi connectivity index (χ3v) is 4.83. The first-order chi connectivity index (χ1) is 15.1.